The summed E-state index contributed by atoms with van der Waals surface area (Å²) >= 11 is 0. The first kappa shape index (κ1) is 17.3. The van der Waals surface area contributed by atoms with E-state index < -0.39 is 43.5 Å². The number of H-pyrrole nitrogens is 1. The van der Waals surface area contributed by atoms with Crippen molar-refractivity contribution >= 4 is 24.9 Å². The van der Waals surface area contributed by atoms with Crippen LogP contribution in [0, 0.1) is 0 Å². The van der Waals surface area contributed by atoms with Gasteiger partial charge in [0.1, 0.15) is 18.5 Å². The smallest absolute Gasteiger partial charge is 0.387 e. The number of rotatable bonds is 4. The van der Waals surface area contributed by atoms with Crippen molar-refractivity contribution in [2.45, 2.75) is 23.5 Å². The fourth-order valence-corrected chi connectivity index (χ4v) is 3.56. The second kappa shape index (κ2) is 5.20. The molecule has 1 aliphatic carbocycles. The molecule has 140 valence electrons. The fraction of sp³-hybridized carbons (Fsp3) is 0.417. The zero-order valence-electron chi connectivity index (χ0n) is 12.9. The molecule has 7 N–H and O–H groups in total. The van der Waals surface area contributed by atoms with Gasteiger partial charge in [0, 0.05) is 0 Å². The van der Waals surface area contributed by atoms with Crippen LogP contribution in [0.5, 0.6) is 0 Å². The van der Waals surface area contributed by atoms with Crippen LogP contribution < -0.4 is 11.3 Å². The molecule has 1 fully saturated rings. The number of imidazole rings is 1. The lowest BCUT2D eigenvalue weighted by Crippen LogP contribution is -2.60. The van der Waals surface area contributed by atoms with Gasteiger partial charge >= 0.3 is 7.82 Å². The number of phosphoric acid groups is 1. The number of hydrogen-bond donors (Lipinski definition) is 6. The average Bonchev–Trinajstić information content (AvgIpc) is 3.00. The molecule has 3 heterocycles. The van der Waals surface area contributed by atoms with Crippen molar-refractivity contribution in [1.29, 1.82) is 0 Å². The van der Waals surface area contributed by atoms with E-state index in [0.29, 0.717) is 0 Å². The molecule has 13 nitrogen and oxygen atoms in total. The molecule has 0 unspecified atom stereocenters. The highest BCUT2D eigenvalue weighted by atomic mass is 31.2. The van der Waals surface area contributed by atoms with Crippen molar-refractivity contribution in [2.24, 2.45) is 0 Å². The van der Waals surface area contributed by atoms with Crippen LogP contribution in [0.1, 0.15) is 0 Å². The van der Waals surface area contributed by atoms with Crippen molar-refractivity contribution in [3.63, 3.8) is 0 Å². The monoisotopic (exact) mass is 387 g/mol. The first-order valence-corrected chi connectivity index (χ1v) is 8.82. The van der Waals surface area contributed by atoms with Crippen molar-refractivity contribution in [1.82, 2.24) is 19.5 Å². The Labute approximate surface area is 143 Å². The highest BCUT2D eigenvalue weighted by Gasteiger charge is 2.69. The summed E-state index contributed by atoms with van der Waals surface area (Å²) in [6, 6.07) is 0. The molecule has 2 aliphatic rings. The molecule has 2 aromatic rings. The van der Waals surface area contributed by atoms with Crippen molar-refractivity contribution < 1.29 is 33.8 Å². The Morgan fingerprint density at radius 1 is 1.46 bits per heavy atom. The number of nitrogens with two attached hydrogens (primary N) is 1. The van der Waals surface area contributed by atoms with Crippen LogP contribution in [0.15, 0.2) is 23.3 Å². The third kappa shape index (κ3) is 2.20. The van der Waals surface area contributed by atoms with Gasteiger partial charge in [-0.3, -0.25) is 18.9 Å². The van der Waals surface area contributed by atoms with Gasteiger partial charge in [0.15, 0.2) is 16.8 Å². The molecule has 1 aliphatic heterocycles. The van der Waals surface area contributed by atoms with Gasteiger partial charge in [-0.2, -0.15) is 4.98 Å². The van der Waals surface area contributed by atoms with Crippen LogP contribution in [0.25, 0.3) is 11.2 Å². The summed E-state index contributed by atoms with van der Waals surface area (Å²) in [6.07, 6.45) is 0.987. The number of aromatic nitrogens is 4. The molecule has 0 saturated carbocycles. The maximum atomic E-state index is 11.9. The summed E-state index contributed by atoms with van der Waals surface area (Å²) in [7, 11) is -4.81. The highest BCUT2D eigenvalue weighted by molar-refractivity contribution is 7.46. The van der Waals surface area contributed by atoms with E-state index in [1.54, 1.807) is 0 Å². The van der Waals surface area contributed by atoms with Crippen molar-refractivity contribution in [2.75, 3.05) is 12.3 Å². The summed E-state index contributed by atoms with van der Waals surface area (Å²) in [5, 5.41) is 21.2. The predicted molar refractivity (Wildman–Crippen MR) is 83.5 cm³/mol. The van der Waals surface area contributed by atoms with E-state index in [9.17, 15) is 19.6 Å². The number of ether oxygens (including phenoxy) is 1. The lowest BCUT2D eigenvalue weighted by Gasteiger charge is -2.45. The SMILES string of the molecule is Nc1nc2c(ncn2[C@@]23C=C[C@@]2(O)[C@H](O)[C@@H](COP(=O)(O)O)O3)c(=O)[nH]1. The van der Waals surface area contributed by atoms with Crippen LogP contribution in [0.2, 0.25) is 0 Å². The largest absolute Gasteiger partial charge is 0.469 e. The number of hydrogen-bond acceptors (Lipinski definition) is 9. The molecule has 0 amide bonds. The summed E-state index contributed by atoms with van der Waals surface area (Å²) in [4.78, 5) is 39.8. The van der Waals surface area contributed by atoms with E-state index in [1.807, 2.05) is 0 Å². The fourth-order valence-electron chi connectivity index (χ4n) is 3.21. The molecule has 1 saturated heterocycles. The third-order valence-electron chi connectivity index (χ3n) is 4.46. The molecular weight excluding hydrogens is 373 g/mol. The van der Waals surface area contributed by atoms with Crippen LogP contribution in [0.4, 0.5) is 5.95 Å². The molecule has 2 aromatic heterocycles. The number of aromatic amines is 1. The average molecular weight is 387 g/mol. The minimum Gasteiger partial charge on any atom is -0.387 e. The number of phosphoric ester groups is 1. The van der Waals surface area contributed by atoms with Crippen LogP contribution in [-0.2, 0) is 19.6 Å². The van der Waals surface area contributed by atoms with Gasteiger partial charge in [0.25, 0.3) is 5.56 Å². The van der Waals surface area contributed by atoms with Gasteiger partial charge in [-0.1, -0.05) is 0 Å². The first-order valence-electron chi connectivity index (χ1n) is 7.29. The van der Waals surface area contributed by atoms with Gasteiger partial charge in [0.05, 0.1) is 6.61 Å². The molecule has 0 radical (unpaired) electrons. The minimum absolute atomic E-state index is 0.00205. The van der Waals surface area contributed by atoms with E-state index in [1.165, 1.54) is 23.0 Å². The van der Waals surface area contributed by atoms with Gasteiger partial charge in [-0.05, 0) is 12.2 Å². The number of nitrogens with zero attached hydrogens (tertiary/aromatic N) is 3. The normalized spacial score (nSPS) is 33.4. The molecule has 0 aromatic carbocycles. The Kier molecular flexibility index (Phi) is 3.46. The third-order valence-corrected chi connectivity index (χ3v) is 4.95. The minimum atomic E-state index is -4.81. The summed E-state index contributed by atoms with van der Waals surface area (Å²) in [6.45, 7) is -0.681. The van der Waals surface area contributed by atoms with E-state index >= 15 is 0 Å². The number of anilines is 1. The number of nitrogen functional groups attached to an aromatic ring is 1. The molecule has 4 rings (SSSR count). The summed E-state index contributed by atoms with van der Waals surface area (Å²) in [5.74, 6) is -0.188. The van der Waals surface area contributed by atoms with Crippen LogP contribution >= 0.6 is 7.82 Å². The molecule has 14 heteroatoms. The highest BCUT2D eigenvalue weighted by Crippen LogP contribution is 2.53. The molecular formula is C12H14N5O8P. The Morgan fingerprint density at radius 3 is 2.81 bits per heavy atom. The van der Waals surface area contributed by atoms with Gasteiger partial charge in [-0.15, -0.1) is 0 Å². The van der Waals surface area contributed by atoms with E-state index in [0.717, 1.165) is 0 Å². The standard InChI is InChI=1S/C12H14N5O8P/c13-10-15-8-6(9(19)16-10)14-4-17(8)12-2-1-11(12,20)7(18)5(25-12)3-24-26(21,22)23/h1-2,4-5,7,18,20H,3H2,(H2,21,22,23)(H3,13,15,16,19)/t5-,7-,11-,12-/m1/s1. The lowest BCUT2D eigenvalue weighted by atomic mass is 9.76. The quantitative estimate of drug-likeness (QED) is 0.239. The first-order chi connectivity index (χ1) is 12.1. The molecule has 0 spiro atoms. The van der Waals surface area contributed by atoms with Crippen LogP contribution in [0.3, 0.4) is 0 Å². The number of nitrogens with one attached hydrogen (secondary N) is 1. The topological polar surface area (TPSA) is 206 Å². The lowest BCUT2D eigenvalue weighted by molar-refractivity contribution is -0.158. The number of aliphatic hydroxyl groups is 2. The predicted octanol–water partition coefficient (Wildman–Crippen LogP) is -2.48. The van der Waals surface area contributed by atoms with E-state index in [2.05, 4.69) is 19.5 Å². The second-order valence-corrected chi connectivity index (χ2v) is 7.22. The Morgan fingerprint density at radius 2 is 2.19 bits per heavy atom. The molecule has 0 bridgehead atoms. The van der Waals surface area contributed by atoms with Gasteiger partial charge in [0.2, 0.25) is 11.7 Å². The summed E-state index contributed by atoms with van der Waals surface area (Å²) in [5.41, 5.74) is 1.22. The maximum Gasteiger partial charge on any atom is 0.469 e. The Balaban J connectivity index is 1.78. The zero-order valence-corrected chi connectivity index (χ0v) is 13.8. The second-order valence-electron chi connectivity index (χ2n) is 5.98. The van der Waals surface area contributed by atoms with Crippen molar-refractivity contribution in [3.8, 4) is 0 Å². The number of aliphatic hydroxyl groups excluding tert-OH is 1. The summed E-state index contributed by atoms with van der Waals surface area (Å²) < 4.78 is 22.1. The van der Waals surface area contributed by atoms with E-state index in [-0.39, 0.29) is 17.1 Å². The van der Waals surface area contributed by atoms with E-state index in [4.69, 9.17) is 20.3 Å². The Bertz CT molecular complexity index is 1030. The van der Waals surface area contributed by atoms with Gasteiger partial charge in [-0.25, -0.2) is 9.55 Å². The Hall–Kier alpha value is -2.12. The van der Waals surface area contributed by atoms with Crippen LogP contribution in [-0.4, -0.2) is 63.9 Å². The molecule has 26 heavy (non-hydrogen) atoms. The zero-order chi connectivity index (χ0) is 18.9. The maximum absolute atomic E-state index is 11.9. The van der Waals surface area contributed by atoms with Gasteiger partial charge < -0.3 is 30.5 Å². The number of fused-ring (bicyclic) bond motifs is 2. The van der Waals surface area contributed by atoms with Crippen molar-refractivity contribution in [3.05, 3.63) is 28.8 Å². The molecule has 4 atom stereocenters.